The summed E-state index contributed by atoms with van der Waals surface area (Å²) in [6.45, 7) is 7.02. The lowest BCUT2D eigenvalue weighted by molar-refractivity contribution is 0.507. The Hall–Kier alpha value is -0.353. The maximum atomic E-state index is 12.9. The standard InChI is InChI=1S/C12H18F2SSi/c1-16(2,3)7-6-15-9-10-4-5-11(13)12(14)8-10/h4-5,8H,6-7,9H2,1-3H3. The third kappa shape index (κ3) is 5.12. The van der Waals surface area contributed by atoms with Crippen molar-refractivity contribution >= 4 is 19.8 Å². The van der Waals surface area contributed by atoms with Crippen LogP contribution in [-0.2, 0) is 5.75 Å². The van der Waals surface area contributed by atoms with E-state index in [1.165, 1.54) is 18.2 Å². The van der Waals surface area contributed by atoms with E-state index in [1.54, 1.807) is 17.8 Å². The first-order valence-corrected chi connectivity index (χ1v) is 10.3. The predicted octanol–water partition coefficient (Wildman–Crippen LogP) is 4.54. The summed E-state index contributed by atoms with van der Waals surface area (Å²) in [6.07, 6.45) is 0. The molecule has 4 heteroatoms. The van der Waals surface area contributed by atoms with Crippen LogP contribution in [0.4, 0.5) is 8.78 Å². The molecule has 0 aliphatic carbocycles. The molecule has 1 aromatic rings. The van der Waals surface area contributed by atoms with Crippen LogP contribution in [0.1, 0.15) is 5.56 Å². The van der Waals surface area contributed by atoms with Crippen molar-refractivity contribution in [1.82, 2.24) is 0 Å². The Labute approximate surface area is 101 Å². The molecule has 0 aromatic heterocycles. The van der Waals surface area contributed by atoms with Crippen LogP contribution in [0, 0.1) is 11.6 Å². The lowest BCUT2D eigenvalue weighted by Crippen LogP contribution is -2.19. The van der Waals surface area contributed by atoms with Gasteiger partial charge >= 0.3 is 0 Å². The SMILES string of the molecule is C[Si](C)(C)CCSCc1ccc(F)c(F)c1. The summed E-state index contributed by atoms with van der Waals surface area (Å²) in [5, 5.41) is 0. The van der Waals surface area contributed by atoms with Gasteiger partial charge in [-0.3, -0.25) is 0 Å². The molecule has 1 rings (SSSR count). The van der Waals surface area contributed by atoms with Crippen LogP contribution in [0.15, 0.2) is 18.2 Å². The van der Waals surface area contributed by atoms with Crippen LogP contribution in [0.2, 0.25) is 25.7 Å². The van der Waals surface area contributed by atoms with E-state index in [2.05, 4.69) is 19.6 Å². The molecule has 0 atom stereocenters. The normalized spacial score (nSPS) is 11.8. The van der Waals surface area contributed by atoms with Crippen LogP contribution in [0.5, 0.6) is 0 Å². The molecule has 0 aliphatic heterocycles. The van der Waals surface area contributed by atoms with Gasteiger partial charge in [0.2, 0.25) is 0 Å². The molecule has 0 unspecified atom stereocenters. The molecule has 0 aliphatic rings. The summed E-state index contributed by atoms with van der Waals surface area (Å²) in [4.78, 5) is 0. The van der Waals surface area contributed by atoms with Gasteiger partial charge in [0.25, 0.3) is 0 Å². The van der Waals surface area contributed by atoms with Gasteiger partial charge in [0.1, 0.15) is 0 Å². The summed E-state index contributed by atoms with van der Waals surface area (Å²) in [7, 11) is -0.970. The van der Waals surface area contributed by atoms with E-state index >= 15 is 0 Å². The first kappa shape index (κ1) is 13.7. The van der Waals surface area contributed by atoms with Crippen molar-refractivity contribution in [2.24, 2.45) is 0 Å². The van der Waals surface area contributed by atoms with Gasteiger partial charge in [0.05, 0.1) is 0 Å². The lowest BCUT2D eigenvalue weighted by atomic mass is 10.2. The minimum absolute atomic E-state index is 0.747. The Morgan fingerprint density at radius 1 is 1.12 bits per heavy atom. The van der Waals surface area contributed by atoms with Crippen molar-refractivity contribution < 1.29 is 8.78 Å². The highest BCUT2D eigenvalue weighted by atomic mass is 32.2. The van der Waals surface area contributed by atoms with Crippen molar-refractivity contribution in [1.29, 1.82) is 0 Å². The van der Waals surface area contributed by atoms with Gasteiger partial charge in [-0.1, -0.05) is 25.7 Å². The summed E-state index contributed by atoms with van der Waals surface area (Å²) in [5.74, 6) is 0.357. The molecular formula is C12H18F2SSi. The van der Waals surface area contributed by atoms with Crippen LogP contribution < -0.4 is 0 Å². The molecule has 1 aromatic carbocycles. The second-order valence-corrected chi connectivity index (χ2v) is 11.8. The van der Waals surface area contributed by atoms with Crippen LogP contribution in [-0.4, -0.2) is 13.8 Å². The molecule has 0 spiro atoms. The minimum Gasteiger partial charge on any atom is -0.204 e. The first-order valence-electron chi connectivity index (χ1n) is 5.40. The number of benzene rings is 1. The number of hydrogen-bond acceptors (Lipinski definition) is 1. The van der Waals surface area contributed by atoms with E-state index in [9.17, 15) is 8.78 Å². The van der Waals surface area contributed by atoms with Gasteiger partial charge in [0.15, 0.2) is 11.6 Å². The summed E-state index contributed by atoms with van der Waals surface area (Å²) in [5.41, 5.74) is 0.861. The largest absolute Gasteiger partial charge is 0.204 e. The zero-order valence-corrected chi connectivity index (χ0v) is 11.8. The molecule has 0 bridgehead atoms. The molecule has 90 valence electrons. The highest BCUT2D eigenvalue weighted by molar-refractivity contribution is 7.98. The van der Waals surface area contributed by atoms with E-state index in [-0.39, 0.29) is 0 Å². The Morgan fingerprint density at radius 3 is 2.38 bits per heavy atom. The molecule has 0 fully saturated rings. The van der Waals surface area contributed by atoms with Crippen molar-refractivity contribution in [3.8, 4) is 0 Å². The second-order valence-electron chi connectivity index (χ2n) is 5.11. The summed E-state index contributed by atoms with van der Waals surface area (Å²) >= 11 is 1.79. The topological polar surface area (TPSA) is 0 Å². The Balaban J connectivity index is 2.35. The molecule has 0 saturated carbocycles. The Morgan fingerprint density at radius 2 is 1.81 bits per heavy atom. The van der Waals surface area contributed by atoms with Crippen molar-refractivity contribution in [3.05, 3.63) is 35.4 Å². The van der Waals surface area contributed by atoms with Gasteiger partial charge < -0.3 is 0 Å². The Kier molecular flexibility index (Phi) is 4.99. The van der Waals surface area contributed by atoms with E-state index in [4.69, 9.17) is 0 Å². The fraction of sp³-hybridized carbons (Fsp3) is 0.500. The Bertz CT molecular complexity index is 347. The molecule has 0 heterocycles. The monoisotopic (exact) mass is 260 g/mol. The average Bonchev–Trinajstić information content (AvgIpc) is 2.17. The summed E-state index contributed by atoms with van der Waals surface area (Å²) in [6, 6.07) is 5.40. The molecular weight excluding hydrogens is 242 g/mol. The zero-order valence-electron chi connectivity index (χ0n) is 10.0. The maximum Gasteiger partial charge on any atom is 0.159 e. The van der Waals surface area contributed by atoms with E-state index < -0.39 is 19.7 Å². The zero-order chi connectivity index (χ0) is 12.2. The number of halogens is 2. The van der Waals surface area contributed by atoms with Crippen LogP contribution in [0.3, 0.4) is 0 Å². The van der Waals surface area contributed by atoms with Gasteiger partial charge in [-0.15, -0.1) is 0 Å². The molecule has 16 heavy (non-hydrogen) atoms. The van der Waals surface area contributed by atoms with Crippen LogP contribution >= 0.6 is 11.8 Å². The quantitative estimate of drug-likeness (QED) is 0.553. The van der Waals surface area contributed by atoms with Gasteiger partial charge in [0, 0.05) is 13.8 Å². The van der Waals surface area contributed by atoms with E-state index in [1.807, 2.05) is 0 Å². The van der Waals surface area contributed by atoms with Gasteiger partial charge in [-0.2, -0.15) is 11.8 Å². The minimum atomic E-state index is -0.970. The number of thioether (sulfide) groups is 1. The molecule has 0 nitrogen and oxygen atoms in total. The summed E-state index contributed by atoms with van der Waals surface area (Å²) < 4.78 is 25.6. The first-order chi connectivity index (χ1) is 7.38. The van der Waals surface area contributed by atoms with Crippen molar-refractivity contribution in [2.75, 3.05) is 5.75 Å². The average molecular weight is 260 g/mol. The lowest BCUT2D eigenvalue weighted by Gasteiger charge is -2.14. The highest BCUT2D eigenvalue weighted by Gasteiger charge is 2.12. The number of hydrogen-bond donors (Lipinski definition) is 0. The van der Waals surface area contributed by atoms with Gasteiger partial charge in [-0.05, 0) is 29.5 Å². The fourth-order valence-electron chi connectivity index (χ4n) is 1.20. The van der Waals surface area contributed by atoms with Crippen molar-refractivity contribution in [2.45, 2.75) is 31.4 Å². The van der Waals surface area contributed by atoms with E-state index in [0.717, 1.165) is 17.1 Å². The predicted molar refractivity (Wildman–Crippen MR) is 70.7 cm³/mol. The maximum absolute atomic E-state index is 12.9. The van der Waals surface area contributed by atoms with Crippen LogP contribution in [0.25, 0.3) is 0 Å². The molecule has 0 saturated heterocycles. The molecule has 0 N–H and O–H groups in total. The van der Waals surface area contributed by atoms with E-state index in [0.29, 0.717) is 0 Å². The smallest absolute Gasteiger partial charge is 0.159 e. The second kappa shape index (κ2) is 5.82. The number of rotatable bonds is 5. The van der Waals surface area contributed by atoms with Gasteiger partial charge in [-0.25, -0.2) is 8.78 Å². The van der Waals surface area contributed by atoms with Crippen molar-refractivity contribution in [3.63, 3.8) is 0 Å². The third-order valence-corrected chi connectivity index (χ3v) is 5.39. The molecule has 0 radical (unpaired) electrons. The third-order valence-electron chi connectivity index (χ3n) is 2.25. The highest BCUT2D eigenvalue weighted by Crippen LogP contribution is 2.19. The molecule has 0 amide bonds. The fourth-order valence-corrected chi connectivity index (χ4v) is 4.78.